The van der Waals surface area contributed by atoms with E-state index in [1.54, 1.807) is 0 Å². The minimum atomic E-state index is -1.34. The van der Waals surface area contributed by atoms with E-state index in [1.807, 2.05) is 0 Å². The largest absolute Gasteiger partial charge is 0.480 e. The predicted molar refractivity (Wildman–Crippen MR) is 61.0 cm³/mol. The van der Waals surface area contributed by atoms with Gasteiger partial charge in [0.2, 0.25) is 5.91 Å². The van der Waals surface area contributed by atoms with Crippen molar-refractivity contribution in [3.63, 3.8) is 0 Å². The molecule has 1 rings (SSSR count). The zero-order valence-corrected chi connectivity index (χ0v) is 10.3. The second kappa shape index (κ2) is 4.44. The number of aliphatic carboxylic acids is 1. The highest BCUT2D eigenvalue weighted by Gasteiger charge is 2.37. The smallest absolute Gasteiger partial charge is 0.318 e. The molecule has 0 aliphatic heterocycles. The quantitative estimate of drug-likeness (QED) is 0.720. The molecule has 0 bridgehead atoms. The van der Waals surface area contributed by atoms with Crippen LogP contribution in [0.15, 0.2) is 0 Å². The van der Waals surface area contributed by atoms with Crippen molar-refractivity contribution >= 4 is 11.9 Å². The van der Waals surface area contributed by atoms with Crippen molar-refractivity contribution < 1.29 is 14.7 Å². The lowest BCUT2D eigenvalue weighted by molar-refractivity contribution is -0.153. The summed E-state index contributed by atoms with van der Waals surface area (Å²) in [6.07, 6.45) is 4.63. The molecule has 0 aromatic carbocycles. The summed E-state index contributed by atoms with van der Waals surface area (Å²) in [6, 6.07) is 0. The van der Waals surface area contributed by atoms with Crippen LogP contribution >= 0.6 is 0 Å². The van der Waals surface area contributed by atoms with Gasteiger partial charge in [0.25, 0.3) is 0 Å². The first-order valence-electron chi connectivity index (χ1n) is 5.80. The van der Waals surface area contributed by atoms with Gasteiger partial charge in [-0.1, -0.05) is 19.8 Å². The number of carbonyl (C=O) groups excluding carboxylic acids is 1. The molecule has 2 N–H and O–H groups in total. The fourth-order valence-corrected chi connectivity index (χ4v) is 2.02. The van der Waals surface area contributed by atoms with Gasteiger partial charge in [-0.05, 0) is 32.1 Å². The molecule has 0 aromatic heterocycles. The number of hydrogen-bond acceptors (Lipinski definition) is 2. The molecule has 1 amide bonds. The Bertz CT molecular complexity index is 291. The van der Waals surface area contributed by atoms with E-state index >= 15 is 0 Å². The van der Waals surface area contributed by atoms with Crippen LogP contribution in [0.2, 0.25) is 0 Å². The van der Waals surface area contributed by atoms with Crippen LogP contribution in [0.25, 0.3) is 0 Å². The molecule has 16 heavy (non-hydrogen) atoms. The first-order chi connectivity index (χ1) is 7.28. The SMILES string of the molecule is CC1(CNC(=O)C(C)(C)C(=O)O)CCCC1. The molecule has 92 valence electrons. The van der Waals surface area contributed by atoms with E-state index in [2.05, 4.69) is 12.2 Å². The Balaban J connectivity index is 2.49. The molecular weight excluding hydrogens is 206 g/mol. The highest BCUT2D eigenvalue weighted by molar-refractivity contribution is 6.00. The summed E-state index contributed by atoms with van der Waals surface area (Å²) in [5, 5.41) is 11.7. The summed E-state index contributed by atoms with van der Waals surface area (Å²) in [6.45, 7) is 5.60. The topological polar surface area (TPSA) is 66.4 Å². The summed E-state index contributed by atoms with van der Waals surface area (Å²) in [5.74, 6) is -1.48. The Kier molecular flexibility index (Phi) is 3.61. The van der Waals surface area contributed by atoms with Gasteiger partial charge in [0, 0.05) is 6.54 Å². The minimum absolute atomic E-state index is 0.157. The standard InChI is InChI=1S/C12H21NO3/c1-11(2,10(15)16)9(14)13-8-12(3)6-4-5-7-12/h4-8H2,1-3H3,(H,13,14)(H,15,16). The zero-order chi connectivity index (χ0) is 12.4. The lowest BCUT2D eigenvalue weighted by Gasteiger charge is -2.26. The van der Waals surface area contributed by atoms with Crippen LogP contribution in [0.1, 0.15) is 46.5 Å². The molecule has 1 fully saturated rings. The fourth-order valence-electron chi connectivity index (χ4n) is 2.02. The summed E-state index contributed by atoms with van der Waals surface area (Å²) < 4.78 is 0. The Morgan fingerprint density at radius 1 is 1.31 bits per heavy atom. The minimum Gasteiger partial charge on any atom is -0.480 e. The predicted octanol–water partition coefficient (Wildman–Crippen LogP) is 1.79. The maximum atomic E-state index is 11.7. The van der Waals surface area contributed by atoms with E-state index in [4.69, 9.17) is 5.11 Å². The fraction of sp³-hybridized carbons (Fsp3) is 0.833. The Labute approximate surface area is 96.4 Å². The van der Waals surface area contributed by atoms with Gasteiger partial charge < -0.3 is 10.4 Å². The number of nitrogens with one attached hydrogen (secondary N) is 1. The number of amides is 1. The van der Waals surface area contributed by atoms with Crippen molar-refractivity contribution in [2.24, 2.45) is 10.8 Å². The van der Waals surface area contributed by atoms with Gasteiger partial charge >= 0.3 is 5.97 Å². The van der Waals surface area contributed by atoms with E-state index in [0.717, 1.165) is 12.8 Å². The monoisotopic (exact) mass is 227 g/mol. The van der Waals surface area contributed by atoms with Crippen molar-refractivity contribution in [3.05, 3.63) is 0 Å². The van der Waals surface area contributed by atoms with Crippen molar-refractivity contribution in [2.45, 2.75) is 46.5 Å². The highest BCUT2D eigenvalue weighted by atomic mass is 16.4. The van der Waals surface area contributed by atoms with Crippen molar-refractivity contribution in [1.82, 2.24) is 5.32 Å². The number of carboxylic acid groups (broad SMARTS) is 1. The number of carbonyl (C=O) groups is 2. The van der Waals surface area contributed by atoms with Crippen molar-refractivity contribution in [2.75, 3.05) is 6.54 Å². The summed E-state index contributed by atoms with van der Waals surface area (Å²) >= 11 is 0. The van der Waals surface area contributed by atoms with E-state index in [1.165, 1.54) is 26.7 Å². The second-order valence-electron chi connectivity index (χ2n) is 5.63. The van der Waals surface area contributed by atoms with E-state index in [-0.39, 0.29) is 5.41 Å². The third-order valence-corrected chi connectivity index (χ3v) is 3.59. The summed E-state index contributed by atoms with van der Waals surface area (Å²) in [4.78, 5) is 22.6. The molecule has 1 saturated carbocycles. The van der Waals surface area contributed by atoms with Gasteiger partial charge in [-0.25, -0.2) is 0 Å². The maximum absolute atomic E-state index is 11.7. The molecule has 0 radical (unpaired) electrons. The molecular formula is C12H21NO3. The van der Waals surface area contributed by atoms with Gasteiger partial charge in [0.15, 0.2) is 0 Å². The van der Waals surface area contributed by atoms with Gasteiger partial charge in [0.05, 0.1) is 0 Å². The van der Waals surface area contributed by atoms with Gasteiger partial charge in [-0.2, -0.15) is 0 Å². The molecule has 0 saturated heterocycles. The second-order valence-corrected chi connectivity index (χ2v) is 5.63. The van der Waals surface area contributed by atoms with E-state index in [9.17, 15) is 9.59 Å². The first kappa shape index (κ1) is 13.0. The lowest BCUT2D eigenvalue weighted by Crippen LogP contribution is -2.45. The zero-order valence-electron chi connectivity index (χ0n) is 10.3. The van der Waals surface area contributed by atoms with Crippen LogP contribution in [0.3, 0.4) is 0 Å². The molecule has 1 aliphatic carbocycles. The van der Waals surface area contributed by atoms with Crippen LogP contribution in [-0.4, -0.2) is 23.5 Å². The lowest BCUT2D eigenvalue weighted by atomic mass is 9.87. The Morgan fingerprint density at radius 2 is 1.81 bits per heavy atom. The molecule has 0 atom stereocenters. The number of hydrogen-bond donors (Lipinski definition) is 2. The first-order valence-corrected chi connectivity index (χ1v) is 5.80. The molecule has 0 aromatic rings. The van der Waals surface area contributed by atoms with Crippen LogP contribution in [0.5, 0.6) is 0 Å². The van der Waals surface area contributed by atoms with Crippen molar-refractivity contribution in [3.8, 4) is 0 Å². The number of carboxylic acids is 1. The van der Waals surface area contributed by atoms with E-state index < -0.39 is 17.3 Å². The Hall–Kier alpha value is -1.06. The molecule has 0 unspecified atom stereocenters. The van der Waals surface area contributed by atoms with Gasteiger partial charge in [0.1, 0.15) is 5.41 Å². The van der Waals surface area contributed by atoms with Gasteiger partial charge in [-0.3, -0.25) is 9.59 Å². The van der Waals surface area contributed by atoms with Crippen LogP contribution in [-0.2, 0) is 9.59 Å². The average molecular weight is 227 g/mol. The molecule has 4 nitrogen and oxygen atoms in total. The average Bonchev–Trinajstić information content (AvgIpc) is 2.62. The molecule has 4 heteroatoms. The Morgan fingerprint density at radius 3 is 2.25 bits per heavy atom. The maximum Gasteiger partial charge on any atom is 0.318 e. The molecule has 0 heterocycles. The van der Waals surface area contributed by atoms with Crippen LogP contribution in [0, 0.1) is 10.8 Å². The summed E-state index contributed by atoms with van der Waals surface area (Å²) in [7, 11) is 0. The summed E-state index contributed by atoms with van der Waals surface area (Å²) in [5.41, 5.74) is -1.18. The molecule has 1 aliphatic rings. The third kappa shape index (κ3) is 2.74. The normalized spacial score (nSPS) is 19.4. The highest BCUT2D eigenvalue weighted by Crippen LogP contribution is 2.36. The number of rotatable bonds is 4. The van der Waals surface area contributed by atoms with E-state index in [0.29, 0.717) is 6.54 Å². The van der Waals surface area contributed by atoms with Gasteiger partial charge in [-0.15, -0.1) is 0 Å². The third-order valence-electron chi connectivity index (χ3n) is 3.59. The van der Waals surface area contributed by atoms with Crippen molar-refractivity contribution in [1.29, 1.82) is 0 Å². The van der Waals surface area contributed by atoms with Crippen LogP contribution < -0.4 is 5.32 Å². The molecule has 0 spiro atoms. The van der Waals surface area contributed by atoms with Crippen LogP contribution in [0.4, 0.5) is 0 Å².